The molecule has 2 aromatic heterocycles. The van der Waals surface area contributed by atoms with Crippen LogP contribution in [0.4, 0.5) is 0 Å². The number of Topliss-reactive ketones (excluding diaryl/α,β-unsaturated/α-hetero) is 1. The minimum Gasteiger partial charge on any atom is -0.346 e. The maximum absolute atomic E-state index is 13.1. The monoisotopic (exact) mass is 427 g/mol. The highest BCUT2D eigenvalue weighted by Gasteiger charge is 2.30. The van der Waals surface area contributed by atoms with Crippen molar-refractivity contribution in [2.75, 3.05) is 5.75 Å². The van der Waals surface area contributed by atoms with Gasteiger partial charge in [-0.2, -0.15) is 5.26 Å². The lowest BCUT2D eigenvalue weighted by atomic mass is 10.1. The van der Waals surface area contributed by atoms with Gasteiger partial charge in [-0.05, 0) is 31.0 Å². The van der Waals surface area contributed by atoms with E-state index in [2.05, 4.69) is 6.07 Å². The first-order valence-electron chi connectivity index (χ1n) is 10.4. The van der Waals surface area contributed by atoms with Crippen LogP contribution >= 0.6 is 11.8 Å². The highest BCUT2D eigenvalue weighted by Crippen LogP contribution is 2.40. The molecule has 0 saturated heterocycles. The fourth-order valence-corrected chi connectivity index (χ4v) is 4.48. The number of nitriles is 1. The van der Waals surface area contributed by atoms with E-state index in [-0.39, 0.29) is 11.5 Å². The molecule has 2 heterocycles. The first-order chi connectivity index (χ1) is 15.2. The van der Waals surface area contributed by atoms with E-state index in [1.807, 2.05) is 70.0 Å². The largest absolute Gasteiger partial charge is 0.346 e. The van der Waals surface area contributed by atoms with Crippen LogP contribution in [0.2, 0.25) is 0 Å². The first-order valence-corrected chi connectivity index (χ1v) is 11.4. The zero-order valence-electron chi connectivity index (χ0n) is 16.9. The lowest BCUT2D eigenvalue weighted by molar-refractivity contribution is 0.102. The number of para-hydroxylation sites is 2. The SMILES string of the molecule is N#CCCn1cc(C(=O)CSc2nc(C3CC3)n(-c3ccccc3)n2)c2ccccc21. The fraction of sp³-hybridized carbons (Fsp3) is 0.250. The number of aromatic nitrogens is 4. The van der Waals surface area contributed by atoms with Gasteiger partial charge in [0.25, 0.3) is 0 Å². The van der Waals surface area contributed by atoms with Crippen LogP contribution in [-0.2, 0) is 6.54 Å². The Labute approximate surface area is 184 Å². The lowest BCUT2D eigenvalue weighted by Crippen LogP contribution is -2.03. The molecule has 4 aromatic rings. The number of nitrogens with zero attached hydrogens (tertiary/aromatic N) is 5. The van der Waals surface area contributed by atoms with Crippen molar-refractivity contribution in [3.8, 4) is 11.8 Å². The van der Waals surface area contributed by atoms with Crippen LogP contribution in [0.1, 0.15) is 41.4 Å². The average molecular weight is 428 g/mol. The molecule has 5 rings (SSSR count). The second-order valence-electron chi connectivity index (χ2n) is 7.65. The van der Waals surface area contributed by atoms with Crippen LogP contribution in [0.5, 0.6) is 0 Å². The first kappa shape index (κ1) is 19.6. The maximum Gasteiger partial charge on any atom is 0.209 e. The molecule has 7 heteroatoms. The van der Waals surface area contributed by atoms with Crippen LogP contribution < -0.4 is 0 Å². The van der Waals surface area contributed by atoms with Crippen molar-refractivity contribution in [3.05, 3.63) is 72.2 Å². The quantitative estimate of drug-likeness (QED) is 0.292. The normalized spacial score (nSPS) is 13.4. The molecule has 2 aromatic carbocycles. The van der Waals surface area contributed by atoms with Gasteiger partial charge in [-0.3, -0.25) is 4.79 Å². The maximum atomic E-state index is 13.1. The van der Waals surface area contributed by atoms with E-state index in [1.165, 1.54) is 11.8 Å². The van der Waals surface area contributed by atoms with Gasteiger partial charge in [-0.25, -0.2) is 9.67 Å². The Morgan fingerprint density at radius 1 is 1.13 bits per heavy atom. The molecular formula is C24H21N5OS. The smallest absolute Gasteiger partial charge is 0.209 e. The molecule has 6 nitrogen and oxygen atoms in total. The van der Waals surface area contributed by atoms with E-state index in [4.69, 9.17) is 15.3 Å². The molecule has 1 saturated carbocycles. The Hall–Kier alpha value is -3.37. The van der Waals surface area contributed by atoms with Gasteiger partial charge in [-0.15, -0.1) is 5.10 Å². The van der Waals surface area contributed by atoms with Crippen molar-refractivity contribution in [2.24, 2.45) is 0 Å². The van der Waals surface area contributed by atoms with E-state index < -0.39 is 0 Å². The summed E-state index contributed by atoms with van der Waals surface area (Å²) in [5.41, 5.74) is 2.66. The second-order valence-corrected chi connectivity index (χ2v) is 8.59. The highest BCUT2D eigenvalue weighted by atomic mass is 32.2. The van der Waals surface area contributed by atoms with Crippen LogP contribution in [0.15, 0.2) is 66.0 Å². The topological polar surface area (TPSA) is 76.5 Å². The molecule has 0 aliphatic heterocycles. The van der Waals surface area contributed by atoms with E-state index in [1.54, 1.807) is 0 Å². The number of rotatable bonds is 8. The van der Waals surface area contributed by atoms with E-state index in [0.29, 0.717) is 29.6 Å². The highest BCUT2D eigenvalue weighted by molar-refractivity contribution is 7.99. The second kappa shape index (κ2) is 8.40. The molecule has 154 valence electrons. The summed E-state index contributed by atoms with van der Waals surface area (Å²) in [4.78, 5) is 17.8. The van der Waals surface area contributed by atoms with Gasteiger partial charge in [-0.1, -0.05) is 48.2 Å². The third kappa shape index (κ3) is 3.99. The summed E-state index contributed by atoms with van der Waals surface area (Å²) in [5, 5.41) is 15.2. The molecule has 0 bridgehead atoms. The van der Waals surface area contributed by atoms with Gasteiger partial charge in [0.15, 0.2) is 5.78 Å². The van der Waals surface area contributed by atoms with Gasteiger partial charge in [0.05, 0.1) is 23.9 Å². The van der Waals surface area contributed by atoms with Gasteiger partial charge >= 0.3 is 0 Å². The van der Waals surface area contributed by atoms with Crippen LogP contribution in [0.25, 0.3) is 16.6 Å². The van der Waals surface area contributed by atoms with Gasteiger partial charge < -0.3 is 4.57 Å². The zero-order chi connectivity index (χ0) is 21.2. The van der Waals surface area contributed by atoms with Gasteiger partial charge in [0, 0.05) is 35.1 Å². The molecule has 1 aliphatic rings. The minimum atomic E-state index is 0.0425. The summed E-state index contributed by atoms with van der Waals surface area (Å²) in [6.45, 7) is 0.575. The predicted molar refractivity (Wildman–Crippen MR) is 121 cm³/mol. The van der Waals surface area contributed by atoms with Crippen molar-refractivity contribution in [2.45, 2.75) is 36.9 Å². The fourth-order valence-electron chi connectivity index (χ4n) is 3.76. The molecule has 0 unspecified atom stereocenters. The van der Waals surface area contributed by atoms with Gasteiger partial charge in [0.1, 0.15) is 5.82 Å². The Kier molecular flexibility index (Phi) is 5.31. The number of hydrogen-bond acceptors (Lipinski definition) is 5. The zero-order valence-corrected chi connectivity index (χ0v) is 17.8. The Morgan fingerprint density at radius 2 is 1.90 bits per heavy atom. The third-order valence-corrected chi connectivity index (χ3v) is 6.28. The predicted octanol–water partition coefficient (Wildman–Crippen LogP) is 4.99. The molecule has 0 radical (unpaired) electrons. The van der Waals surface area contributed by atoms with Crippen molar-refractivity contribution < 1.29 is 4.79 Å². The summed E-state index contributed by atoms with van der Waals surface area (Å²) in [5.74, 6) is 1.75. The number of ketones is 1. The molecule has 0 N–H and O–H groups in total. The standard InChI is InChI=1S/C24H21N5OS/c25-13-6-14-28-15-20(19-9-4-5-10-21(19)28)22(30)16-31-24-26-23(17-11-12-17)29(27-24)18-7-2-1-3-8-18/h1-5,7-10,15,17H,6,11-12,14,16H2. The molecule has 0 atom stereocenters. The van der Waals surface area contributed by atoms with Crippen molar-refractivity contribution in [3.63, 3.8) is 0 Å². The van der Waals surface area contributed by atoms with Gasteiger partial charge in [0.2, 0.25) is 5.16 Å². The number of carbonyl (C=O) groups excluding carboxylic acids is 1. The van der Waals surface area contributed by atoms with Crippen LogP contribution in [0, 0.1) is 11.3 Å². The van der Waals surface area contributed by atoms with Crippen LogP contribution in [-0.4, -0.2) is 30.9 Å². The summed E-state index contributed by atoms with van der Waals surface area (Å²) >= 11 is 1.38. The molecule has 1 fully saturated rings. The van der Waals surface area contributed by atoms with Crippen molar-refractivity contribution in [1.29, 1.82) is 5.26 Å². The summed E-state index contributed by atoms with van der Waals surface area (Å²) in [6.07, 6.45) is 4.55. The number of hydrogen-bond donors (Lipinski definition) is 0. The Balaban J connectivity index is 1.37. The summed E-state index contributed by atoms with van der Waals surface area (Å²) in [7, 11) is 0. The molecular weight excluding hydrogens is 406 g/mol. The van der Waals surface area contributed by atoms with E-state index >= 15 is 0 Å². The molecule has 31 heavy (non-hydrogen) atoms. The summed E-state index contributed by atoms with van der Waals surface area (Å²) < 4.78 is 3.91. The number of thioether (sulfide) groups is 1. The summed E-state index contributed by atoms with van der Waals surface area (Å²) in [6, 6.07) is 20.0. The average Bonchev–Trinajstić information content (AvgIpc) is 3.46. The van der Waals surface area contributed by atoms with Crippen molar-refractivity contribution in [1.82, 2.24) is 19.3 Å². The molecule has 0 amide bonds. The Morgan fingerprint density at radius 3 is 2.68 bits per heavy atom. The minimum absolute atomic E-state index is 0.0425. The molecule has 0 spiro atoms. The third-order valence-electron chi connectivity index (χ3n) is 5.44. The molecule has 1 aliphatic carbocycles. The van der Waals surface area contributed by atoms with E-state index in [9.17, 15) is 4.79 Å². The number of aryl methyl sites for hydroxylation is 1. The number of carbonyl (C=O) groups is 1. The lowest BCUT2D eigenvalue weighted by Gasteiger charge is -2.03. The van der Waals surface area contributed by atoms with E-state index in [0.717, 1.165) is 35.3 Å². The van der Waals surface area contributed by atoms with Crippen molar-refractivity contribution >= 4 is 28.4 Å². The Bertz CT molecular complexity index is 1280. The van der Waals surface area contributed by atoms with Crippen LogP contribution in [0.3, 0.4) is 0 Å². The number of benzene rings is 2. The number of fused-ring (bicyclic) bond motifs is 1.